The second kappa shape index (κ2) is 13.6. The van der Waals surface area contributed by atoms with E-state index < -0.39 is 0 Å². The summed E-state index contributed by atoms with van der Waals surface area (Å²) in [5.74, 6) is -0.0343. The Hall–Kier alpha value is -3.06. The summed E-state index contributed by atoms with van der Waals surface area (Å²) in [6, 6.07) is 18.2. The third kappa shape index (κ3) is 8.37. The van der Waals surface area contributed by atoms with Crippen molar-refractivity contribution in [1.29, 1.82) is 0 Å². The van der Waals surface area contributed by atoms with Crippen molar-refractivity contribution in [1.82, 2.24) is 15.1 Å². The number of carbonyl (C=O) groups is 2. The van der Waals surface area contributed by atoms with Gasteiger partial charge in [0.05, 0.1) is 0 Å². The summed E-state index contributed by atoms with van der Waals surface area (Å²) in [5.41, 5.74) is 3.32. The average Bonchev–Trinajstić information content (AvgIpc) is 3.31. The number of nitrogens with one attached hydrogen (secondary N) is 1. The highest BCUT2D eigenvalue weighted by molar-refractivity contribution is 7.18. The molecule has 2 amide bonds. The van der Waals surface area contributed by atoms with Crippen LogP contribution in [0, 0.1) is 6.92 Å². The minimum atomic E-state index is -0.157. The van der Waals surface area contributed by atoms with Crippen molar-refractivity contribution in [3.8, 4) is 10.6 Å². The summed E-state index contributed by atoms with van der Waals surface area (Å²) in [4.78, 5) is 27.3. The lowest BCUT2D eigenvalue weighted by Crippen LogP contribution is -2.35. The maximum absolute atomic E-state index is 12.9. The number of anilines is 1. The third-order valence-electron chi connectivity index (χ3n) is 5.66. The topological polar surface area (TPSA) is 75.2 Å². The Kier molecular flexibility index (Phi) is 10.2. The lowest BCUT2D eigenvalue weighted by atomic mass is 10.1. The smallest absolute Gasteiger partial charge is 0.227 e. The van der Waals surface area contributed by atoms with Gasteiger partial charge in [0, 0.05) is 31.5 Å². The van der Waals surface area contributed by atoms with Crippen LogP contribution >= 0.6 is 11.3 Å². The fraction of sp³-hybridized carbons (Fsp3) is 0.407. The van der Waals surface area contributed by atoms with E-state index in [1.165, 1.54) is 16.9 Å². The van der Waals surface area contributed by atoms with Crippen molar-refractivity contribution in [2.75, 3.05) is 18.4 Å². The molecule has 0 saturated carbocycles. The SMILES string of the molecule is CCCCCCC(=O)N(CCC(=O)Nc1nnc(-c2cccc(C)c2)s1)CCc1ccccc1. The molecule has 180 valence electrons. The van der Waals surface area contributed by atoms with Crippen molar-refractivity contribution in [3.05, 3.63) is 65.7 Å². The van der Waals surface area contributed by atoms with Gasteiger partial charge >= 0.3 is 0 Å². The van der Waals surface area contributed by atoms with Gasteiger partial charge in [-0.15, -0.1) is 10.2 Å². The summed E-state index contributed by atoms with van der Waals surface area (Å²) in [6.07, 6.45) is 5.79. The monoisotopic (exact) mass is 478 g/mol. The van der Waals surface area contributed by atoms with Crippen LogP contribution in [0.1, 0.15) is 56.6 Å². The second-order valence-electron chi connectivity index (χ2n) is 8.51. The van der Waals surface area contributed by atoms with E-state index in [0.29, 0.717) is 24.6 Å². The van der Waals surface area contributed by atoms with E-state index >= 15 is 0 Å². The zero-order chi connectivity index (χ0) is 24.2. The number of unbranched alkanes of at least 4 members (excludes halogenated alkanes) is 3. The van der Waals surface area contributed by atoms with Gasteiger partial charge in [-0.2, -0.15) is 0 Å². The second-order valence-corrected chi connectivity index (χ2v) is 9.48. The Morgan fingerprint density at radius 1 is 0.941 bits per heavy atom. The molecule has 7 heteroatoms. The first kappa shape index (κ1) is 25.6. The first-order valence-corrected chi connectivity index (χ1v) is 12.9. The molecule has 0 saturated heterocycles. The predicted molar refractivity (Wildman–Crippen MR) is 139 cm³/mol. The van der Waals surface area contributed by atoms with Gasteiger partial charge in [-0.3, -0.25) is 9.59 Å². The van der Waals surface area contributed by atoms with Crippen LogP contribution in [0.2, 0.25) is 0 Å². The fourth-order valence-electron chi connectivity index (χ4n) is 3.72. The zero-order valence-electron chi connectivity index (χ0n) is 20.1. The van der Waals surface area contributed by atoms with E-state index in [2.05, 4.69) is 34.6 Å². The van der Waals surface area contributed by atoms with Crippen LogP contribution in [0.5, 0.6) is 0 Å². The lowest BCUT2D eigenvalue weighted by Gasteiger charge is -2.22. The van der Waals surface area contributed by atoms with Crippen molar-refractivity contribution >= 4 is 28.3 Å². The number of aromatic nitrogens is 2. The van der Waals surface area contributed by atoms with Gasteiger partial charge in [-0.25, -0.2) is 0 Å². The van der Waals surface area contributed by atoms with Crippen LogP contribution < -0.4 is 5.32 Å². The minimum Gasteiger partial charge on any atom is -0.342 e. The Labute approximate surface area is 206 Å². The highest BCUT2D eigenvalue weighted by atomic mass is 32.1. The summed E-state index contributed by atoms with van der Waals surface area (Å²) in [7, 11) is 0. The van der Waals surface area contributed by atoms with Crippen molar-refractivity contribution in [2.24, 2.45) is 0 Å². The first-order chi connectivity index (χ1) is 16.5. The molecule has 2 aromatic carbocycles. The van der Waals surface area contributed by atoms with Gasteiger partial charge in [0.2, 0.25) is 16.9 Å². The van der Waals surface area contributed by atoms with E-state index in [4.69, 9.17) is 0 Å². The molecule has 0 aliphatic rings. The molecule has 3 rings (SSSR count). The zero-order valence-corrected chi connectivity index (χ0v) is 20.9. The standard InChI is InChI=1S/C27H34N4O2S/c1-3-4-5-9-15-25(33)31(18-16-22-12-7-6-8-13-22)19-17-24(32)28-27-30-29-26(34-27)23-14-10-11-21(2)20-23/h6-8,10-14,20H,3-5,9,15-19H2,1-2H3,(H,28,30,32). The molecule has 1 N–H and O–H groups in total. The van der Waals surface area contributed by atoms with Gasteiger partial charge in [0.15, 0.2) is 0 Å². The van der Waals surface area contributed by atoms with Gasteiger partial charge in [-0.05, 0) is 31.4 Å². The number of rotatable bonds is 13. The van der Waals surface area contributed by atoms with Crippen LogP contribution in [0.15, 0.2) is 54.6 Å². The molecule has 6 nitrogen and oxygen atoms in total. The molecule has 0 spiro atoms. The van der Waals surface area contributed by atoms with Crippen LogP contribution in [0.25, 0.3) is 10.6 Å². The molecular formula is C27H34N4O2S. The van der Waals surface area contributed by atoms with Crippen LogP contribution in [-0.2, 0) is 16.0 Å². The fourth-order valence-corrected chi connectivity index (χ4v) is 4.47. The number of carbonyl (C=O) groups excluding carboxylic acids is 2. The molecule has 0 bridgehead atoms. The Balaban J connectivity index is 1.54. The Morgan fingerprint density at radius 2 is 1.76 bits per heavy atom. The van der Waals surface area contributed by atoms with Gasteiger partial charge in [0.25, 0.3) is 0 Å². The van der Waals surface area contributed by atoms with Crippen molar-refractivity contribution < 1.29 is 9.59 Å². The molecule has 1 heterocycles. The number of amides is 2. The molecule has 0 atom stereocenters. The molecule has 1 aromatic heterocycles. The lowest BCUT2D eigenvalue weighted by molar-refractivity contribution is -0.131. The highest BCUT2D eigenvalue weighted by Gasteiger charge is 2.16. The molecule has 0 fully saturated rings. The third-order valence-corrected chi connectivity index (χ3v) is 6.54. The van der Waals surface area contributed by atoms with Crippen molar-refractivity contribution in [3.63, 3.8) is 0 Å². The Morgan fingerprint density at radius 3 is 2.53 bits per heavy atom. The Bertz CT molecular complexity index is 1050. The first-order valence-electron chi connectivity index (χ1n) is 12.1. The van der Waals surface area contributed by atoms with Crippen LogP contribution in [-0.4, -0.2) is 40.0 Å². The summed E-state index contributed by atoms with van der Waals surface area (Å²) < 4.78 is 0. The molecule has 0 aliphatic heterocycles. The van der Waals surface area contributed by atoms with E-state index in [-0.39, 0.29) is 18.2 Å². The maximum atomic E-state index is 12.9. The van der Waals surface area contributed by atoms with Crippen LogP contribution in [0.4, 0.5) is 5.13 Å². The maximum Gasteiger partial charge on any atom is 0.227 e. The molecule has 0 unspecified atom stereocenters. The van der Waals surface area contributed by atoms with Gasteiger partial charge in [0.1, 0.15) is 5.01 Å². The molecule has 34 heavy (non-hydrogen) atoms. The molecule has 0 radical (unpaired) electrons. The predicted octanol–water partition coefficient (Wildman–Crippen LogP) is 5.88. The largest absolute Gasteiger partial charge is 0.342 e. The van der Waals surface area contributed by atoms with E-state index in [1.54, 1.807) is 0 Å². The average molecular weight is 479 g/mol. The van der Waals surface area contributed by atoms with Crippen LogP contribution in [0.3, 0.4) is 0 Å². The summed E-state index contributed by atoms with van der Waals surface area (Å²) >= 11 is 1.35. The number of hydrogen-bond donors (Lipinski definition) is 1. The summed E-state index contributed by atoms with van der Waals surface area (Å²) in [5, 5.41) is 12.4. The van der Waals surface area contributed by atoms with Crippen molar-refractivity contribution in [2.45, 2.75) is 58.8 Å². The van der Waals surface area contributed by atoms with Gasteiger partial charge < -0.3 is 10.2 Å². The normalized spacial score (nSPS) is 10.8. The molecule has 3 aromatic rings. The summed E-state index contributed by atoms with van der Waals surface area (Å²) in [6.45, 7) is 5.20. The van der Waals surface area contributed by atoms with Gasteiger partial charge in [-0.1, -0.05) is 91.6 Å². The molecular weight excluding hydrogens is 444 g/mol. The highest BCUT2D eigenvalue weighted by Crippen LogP contribution is 2.26. The quantitative estimate of drug-likeness (QED) is 0.311. The van der Waals surface area contributed by atoms with E-state index in [9.17, 15) is 9.59 Å². The number of benzene rings is 2. The molecule has 0 aliphatic carbocycles. The number of aryl methyl sites for hydroxylation is 1. The minimum absolute atomic E-state index is 0.123. The van der Waals surface area contributed by atoms with E-state index in [0.717, 1.165) is 48.2 Å². The van der Waals surface area contributed by atoms with E-state index in [1.807, 2.05) is 54.3 Å². The number of nitrogens with zero attached hydrogens (tertiary/aromatic N) is 3. The number of hydrogen-bond acceptors (Lipinski definition) is 5.